The van der Waals surface area contributed by atoms with Crippen LogP contribution in [0.1, 0.15) is 13.8 Å². The molecule has 0 saturated carbocycles. The first-order chi connectivity index (χ1) is 8.17. The van der Waals surface area contributed by atoms with Crippen LogP contribution in [0.4, 0.5) is 0 Å². The van der Waals surface area contributed by atoms with Crippen molar-refractivity contribution < 1.29 is 0 Å². The van der Waals surface area contributed by atoms with Gasteiger partial charge < -0.3 is 5.32 Å². The molecule has 17 heavy (non-hydrogen) atoms. The number of hydrogen-bond donors (Lipinski definition) is 1. The SMILES string of the molecule is C=C/C(C)=C\NCN=C1C=CC(Cl)=N/C1=C/C. The highest BCUT2D eigenvalue weighted by molar-refractivity contribution is 6.69. The lowest BCUT2D eigenvalue weighted by atomic mass is 10.2. The number of halogens is 1. The number of hydrogen-bond acceptors (Lipinski definition) is 3. The van der Waals surface area contributed by atoms with E-state index in [2.05, 4.69) is 21.9 Å². The van der Waals surface area contributed by atoms with Crippen molar-refractivity contribution in [2.45, 2.75) is 13.8 Å². The van der Waals surface area contributed by atoms with Gasteiger partial charge in [0, 0.05) is 6.20 Å². The molecule has 4 heteroatoms. The number of aliphatic imine (C=N–C) groups is 2. The fraction of sp³-hybridized carbons (Fsp3) is 0.231. The summed E-state index contributed by atoms with van der Waals surface area (Å²) in [5.74, 6) is 0. The smallest absolute Gasteiger partial charge is 0.129 e. The second-order valence-electron chi connectivity index (χ2n) is 3.44. The Morgan fingerprint density at radius 1 is 1.59 bits per heavy atom. The highest BCUT2D eigenvalue weighted by atomic mass is 35.5. The van der Waals surface area contributed by atoms with Crippen molar-refractivity contribution in [3.05, 3.63) is 48.4 Å². The molecule has 0 amide bonds. The zero-order valence-electron chi connectivity index (χ0n) is 10.1. The summed E-state index contributed by atoms with van der Waals surface area (Å²) in [4.78, 5) is 8.56. The van der Waals surface area contributed by atoms with Crippen LogP contribution >= 0.6 is 11.6 Å². The highest BCUT2D eigenvalue weighted by Crippen LogP contribution is 2.10. The molecule has 1 aliphatic rings. The third kappa shape index (κ3) is 4.41. The van der Waals surface area contributed by atoms with E-state index in [0.29, 0.717) is 11.8 Å². The Balaban J connectivity index is 2.62. The zero-order chi connectivity index (χ0) is 12.7. The largest absolute Gasteiger partial charge is 0.372 e. The van der Waals surface area contributed by atoms with Gasteiger partial charge in [-0.15, -0.1) is 0 Å². The van der Waals surface area contributed by atoms with Crippen molar-refractivity contribution in [3.8, 4) is 0 Å². The second kappa shape index (κ2) is 6.86. The molecule has 0 atom stereocenters. The topological polar surface area (TPSA) is 36.8 Å². The van der Waals surface area contributed by atoms with Gasteiger partial charge in [0.1, 0.15) is 11.8 Å². The molecule has 0 radical (unpaired) electrons. The number of dihydropyridines is 1. The summed E-state index contributed by atoms with van der Waals surface area (Å²) < 4.78 is 0. The lowest BCUT2D eigenvalue weighted by Gasteiger charge is -2.07. The average Bonchev–Trinajstić information content (AvgIpc) is 2.35. The molecule has 3 nitrogen and oxygen atoms in total. The van der Waals surface area contributed by atoms with E-state index in [4.69, 9.17) is 11.6 Å². The van der Waals surface area contributed by atoms with Crippen molar-refractivity contribution in [1.82, 2.24) is 5.32 Å². The van der Waals surface area contributed by atoms with Crippen LogP contribution in [0.25, 0.3) is 0 Å². The minimum absolute atomic E-state index is 0.479. The number of nitrogens with one attached hydrogen (secondary N) is 1. The van der Waals surface area contributed by atoms with Gasteiger partial charge >= 0.3 is 0 Å². The van der Waals surface area contributed by atoms with Crippen LogP contribution in [0, 0.1) is 0 Å². The third-order valence-corrected chi connectivity index (χ3v) is 2.34. The number of rotatable bonds is 4. The molecular weight excluding hydrogens is 234 g/mol. The molecule has 1 heterocycles. The minimum Gasteiger partial charge on any atom is -0.372 e. The van der Waals surface area contributed by atoms with E-state index >= 15 is 0 Å². The number of allylic oxidation sites excluding steroid dienone is 5. The molecule has 0 fully saturated rings. The van der Waals surface area contributed by atoms with Gasteiger partial charge in [-0.05, 0) is 31.6 Å². The lowest BCUT2D eigenvalue weighted by molar-refractivity contribution is 0.878. The maximum atomic E-state index is 5.81. The first-order valence-corrected chi connectivity index (χ1v) is 5.71. The van der Waals surface area contributed by atoms with Gasteiger partial charge in [-0.1, -0.05) is 30.3 Å². The molecule has 0 aromatic rings. The molecule has 1 aliphatic heterocycles. The first kappa shape index (κ1) is 13.5. The Kier molecular flexibility index (Phi) is 5.43. The molecule has 0 spiro atoms. The quantitative estimate of drug-likeness (QED) is 0.603. The van der Waals surface area contributed by atoms with Crippen molar-refractivity contribution >= 4 is 22.5 Å². The normalized spacial score (nSPS) is 20.6. The van der Waals surface area contributed by atoms with E-state index in [0.717, 1.165) is 17.0 Å². The van der Waals surface area contributed by atoms with Gasteiger partial charge in [-0.3, -0.25) is 4.99 Å². The van der Waals surface area contributed by atoms with E-state index in [9.17, 15) is 0 Å². The fourth-order valence-electron chi connectivity index (χ4n) is 1.19. The van der Waals surface area contributed by atoms with Gasteiger partial charge in [0.25, 0.3) is 0 Å². The summed E-state index contributed by atoms with van der Waals surface area (Å²) in [5.41, 5.74) is 2.69. The van der Waals surface area contributed by atoms with Crippen molar-refractivity contribution in [3.63, 3.8) is 0 Å². The summed E-state index contributed by atoms with van der Waals surface area (Å²) in [7, 11) is 0. The Hall–Kier alpha value is -1.61. The predicted molar refractivity (Wildman–Crippen MR) is 75.6 cm³/mol. The maximum absolute atomic E-state index is 5.81. The lowest BCUT2D eigenvalue weighted by Crippen LogP contribution is -2.11. The van der Waals surface area contributed by atoms with Gasteiger partial charge in [0.15, 0.2) is 0 Å². The first-order valence-electron chi connectivity index (χ1n) is 5.33. The zero-order valence-corrected chi connectivity index (χ0v) is 10.8. The van der Waals surface area contributed by atoms with Crippen LogP contribution < -0.4 is 5.32 Å². The molecule has 0 aromatic carbocycles. The van der Waals surface area contributed by atoms with Crippen LogP contribution in [0.3, 0.4) is 0 Å². The fourth-order valence-corrected chi connectivity index (χ4v) is 1.34. The molecular formula is C13H16ClN3. The standard InChI is InChI=1S/C13H16ClN3/c1-4-10(3)8-15-9-16-12-6-7-13(14)17-11(12)5-2/h4-8,15H,1,9H2,2-3H3/b10-8-,11-5+,16-12?. The highest BCUT2D eigenvalue weighted by Gasteiger charge is 2.06. The van der Waals surface area contributed by atoms with Gasteiger partial charge in [-0.2, -0.15) is 0 Å². The van der Waals surface area contributed by atoms with Crippen molar-refractivity contribution in [2.24, 2.45) is 9.98 Å². The second-order valence-corrected chi connectivity index (χ2v) is 3.83. The summed E-state index contributed by atoms with van der Waals surface area (Å²) >= 11 is 5.81. The Morgan fingerprint density at radius 2 is 2.35 bits per heavy atom. The molecule has 0 aliphatic carbocycles. The van der Waals surface area contributed by atoms with E-state index < -0.39 is 0 Å². The monoisotopic (exact) mass is 249 g/mol. The Morgan fingerprint density at radius 3 is 3.00 bits per heavy atom. The van der Waals surface area contributed by atoms with Crippen LogP contribution in [0.5, 0.6) is 0 Å². The van der Waals surface area contributed by atoms with E-state index in [-0.39, 0.29) is 0 Å². The third-order valence-electron chi connectivity index (χ3n) is 2.13. The summed E-state index contributed by atoms with van der Waals surface area (Å²) in [6, 6.07) is 0. The maximum Gasteiger partial charge on any atom is 0.129 e. The van der Waals surface area contributed by atoms with Crippen molar-refractivity contribution in [2.75, 3.05) is 6.67 Å². The Labute approximate surface area is 107 Å². The summed E-state index contributed by atoms with van der Waals surface area (Å²) in [6.07, 6.45) is 9.13. The molecule has 0 aromatic heterocycles. The minimum atomic E-state index is 0.479. The van der Waals surface area contributed by atoms with Crippen molar-refractivity contribution in [1.29, 1.82) is 0 Å². The van der Waals surface area contributed by atoms with Crippen LogP contribution in [0.15, 0.2) is 58.3 Å². The molecule has 90 valence electrons. The van der Waals surface area contributed by atoms with Gasteiger partial charge in [-0.25, -0.2) is 4.99 Å². The Bertz CT molecular complexity index is 440. The molecule has 1 rings (SSSR count). The predicted octanol–water partition coefficient (Wildman–Crippen LogP) is 3.18. The molecule has 0 bridgehead atoms. The van der Waals surface area contributed by atoms with E-state index in [1.54, 1.807) is 12.2 Å². The van der Waals surface area contributed by atoms with E-state index in [1.807, 2.05) is 32.2 Å². The molecule has 1 N–H and O–H groups in total. The van der Waals surface area contributed by atoms with Crippen LogP contribution in [-0.4, -0.2) is 17.6 Å². The molecule has 0 saturated heterocycles. The summed E-state index contributed by atoms with van der Waals surface area (Å²) in [5, 5.41) is 3.55. The van der Waals surface area contributed by atoms with Gasteiger partial charge in [0.2, 0.25) is 0 Å². The van der Waals surface area contributed by atoms with Crippen LogP contribution in [0.2, 0.25) is 0 Å². The average molecular weight is 250 g/mol. The molecule has 0 unspecified atom stereocenters. The van der Waals surface area contributed by atoms with Gasteiger partial charge in [0.05, 0.1) is 11.4 Å². The number of nitrogens with zero attached hydrogens (tertiary/aromatic N) is 2. The van der Waals surface area contributed by atoms with E-state index in [1.165, 1.54) is 0 Å². The summed E-state index contributed by atoms with van der Waals surface area (Å²) in [6.45, 7) is 8.04. The van der Waals surface area contributed by atoms with Crippen LogP contribution in [-0.2, 0) is 0 Å².